The van der Waals surface area contributed by atoms with Gasteiger partial charge in [0, 0.05) is 12.4 Å². The molecule has 1 N–H and O–H groups in total. The average molecular weight is 450 g/mol. The van der Waals surface area contributed by atoms with Gasteiger partial charge in [0.05, 0.1) is 18.0 Å². The van der Waals surface area contributed by atoms with Crippen LogP contribution in [0.15, 0.2) is 64.7 Å². The minimum Gasteiger partial charge on any atom is -0.493 e. The minimum absolute atomic E-state index is 0.271. The number of methoxy groups -OCH3 is 1. The predicted octanol–water partition coefficient (Wildman–Crippen LogP) is 5.19. The van der Waals surface area contributed by atoms with E-state index >= 15 is 0 Å². The van der Waals surface area contributed by atoms with E-state index in [4.69, 9.17) is 13.9 Å². The summed E-state index contributed by atoms with van der Waals surface area (Å²) >= 11 is 1.51. The number of aryl methyl sites for hydroxylation is 1. The van der Waals surface area contributed by atoms with Gasteiger partial charge in [0.1, 0.15) is 12.4 Å². The molecule has 8 heteroatoms. The fourth-order valence-electron chi connectivity index (χ4n) is 3.17. The quantitative estimate of drug-likeness (QED) is 0.399. The zero-order valence-electron chi connectivity index (χ0n) is 18.0. The molecule has 0 aliphatic heterocycles. The molecule has 0 fully saturated rings. The number of nitrogens with one attached hydrogen (secondary N) is 1. The monoisotopic (exact) mass is 449 g/mol. The zero-order chi connectivity index (χ0) is 22.5. The average Bonchev–Trinajstić information content (AvgIpc) is 3.48. The molecule has 0 saturated heterocycles. The van der Waals surface area contributed by atoms with Crippen LogP contribution < -0.4 is 14.8 Å². The van der Waals surface area contributed by atoms with Crippen molar-refractivity contribution >= 4 is 17.2 Å². The highest BCUT2D eigenvalue weighted by atomic mass is 32.1. The van der Waals surface area contributed by atoms with E-state index in [1.165, 1.54) is 11.3 Å². The van der Waals surface area contributed by atoms with Crippen molar-refractivity contribution in [2.24, 2.45) is 0 Å². The first-order chi connectivity index (χ1) is 15.5. The van der Waals surface area contributed by atoms with E-state index in [-0.39, 0.29) is 17.6 Å². The highest BCUT2D eigenvalue weighted by Gasteiger charge is 2.21. The number of carbonyl (C=O) groups excluding carboxylic acids is 1. The Morgan fingerprint density at radius 3 is 2.72 bits per heavy atom. The summed E-state index contributed by atoms with van der Waals surface area (Å²) in [6.07, 6.45) is 3.45. The molecule has 1 amide bonds. The molecule has 0 bridgehead atoms. The van der Waals surface area contributed by atoms with E-state index in [0.29, 0.717) is 29.8 Å². The third-order valence-corrected chi connectivity index (χ3v) is 5.78. The summed E-state index contributed by atoms with van der Waals surface area (Å²) in [5.41, 5.74) is 2.17. The van der Waals surface area contributed by atoms with Crippen LogP contribution in [-0.4, -0.2) is 23.0 Å². The number of amides is 1. The first-order valence-corrected chi connectivity index (χ1v) is 10.9. The van der Waals surface area contributed by atoms with E-state index in [9.17, 15) is 4.79 Å². The van der Waals surface area contributed by atoms with Crippen LogP contribution in [0.5, 0.6) is 11.5 Å². The number of carbonyl (C=O) groups is 1. The molecule has 0 aliphatic carbocycles. The number of ether oxygens (including phenoxy) is 2. The number of thiophene rings is 1. The lowest BCUT2D eigenvalue weighted by molar-refractivity contribution is 0.0934. The SMILES string of the molecule is COc1cc(C(C)NC(=O)c2nc(-c3cccs3)oc2C)ccc1OCc1ccncc1. The second-order valence-electron chi connectivity index (χ2n) is 7.15. The van der Waals surface area contributed by atoms with Crippen LogP contribution in [-0.2, 0) is 6.61 Å². The van der Waals surface area contributed by atoms with Gasteiger partial charge in [0.15, 0.2) is 17.2 Å². The molecule has 32 heavy (non-hydrogen) atoms. The van der Waals surface area contributed by atoms with Crippen molar-refractivity contribution in [1.29, 1.82) is 0 Å². The van der Waals surface area contributed by atoms with Gasteiger partial charge in [-0.15, -0.1) is 11.3 Å². The van der Waals surface area contributed by atoms with Crippen LogP contribution in [0.2, 0.25) is 0 Å². The Kier molecular flexibility index (Phi) is 6.51. The standard InChI is InChI=1S/C24H23N3O4S/c1-15(26-23(28)22-16(2)31-24(27-22)21-5-4-12-32-21)18-6-7-19(20(13-18)29-3)30-14-17-8-10-25-11-9-17/h4-13,15H,14H2,1-3H3,(H,26,28). The number of nitrogens with zero attached hydrogens (tertiary/aromatic N) is 2. The Hall–Kier alpha value is -3.65. The summed E-state index contributed by atoms with van der Waals surface area (Å²) in [7, 11) is 1.59. The summed E-state index contributed by atoms with van der Waals surface area (Å²) in [6.45, 7) is 4.05. The number of benzene rings is 1. The number of pyridine rings is 1. The van der Waals surface area contributed by atoms with Gasteiger partial charge in [-0.25, -0.2) is 4.98 Å². The normalized spacial score (nSPS) is 11.7. The molecule has 1 aromatic carbocycles. The van der Waals surface area contributed by atoms with Gasteiger partial charge >= 0.3 is 0 Å². The third-order valence-electron chi connectivity index (χ3n) is 4.92. The number of rotatable bonds is 8. The van der Waals surface area contributed by atoms with Gasteiger partial charge in [-0.2, -0.15) is 0 Å². The zero-order valence-corrected chi connectivity index (χ0v) is 18.8. The Labute approximate surface area is 190 Å². The summed E-state index contributed by atoms with van der Waals surface area (Å²) in [5, 5.41) is 4.92. The molecule has 4 aromatic rings. The first kappa shape index (κ1) is 21.6. The fourth-order valence-corrected chi connectivity index (χ4v) is 3.82. The van der Waals surface area contributed by atoms with E-state index in [2.05, 4.69) is 15.3 Å². The molecule has 1 unspecified atom stereocenters. The predicted molar refractivity (Wildman–Crippen MR) is 122 cm³/mol. The van der Waals surface area contributed by atoms with Gasteiger partial charge in [-0.05, 0) is 60.7 Å². The first-order valence-electron chi connectivity index (χ1n) is 10.1. The molecule has 3 aromatic heterocycles. The number of oxazole rings is 1. The minimum atomic E-state index is -0.293. The lowest BCUT2D eigenvalue weighted by Gasteiger charge is -2.17. The van der Waals surface area contributed by atoms with Crippen molar-refractivity contribution in [3.05, 3.63) is 82.8 Å². The Morgan fingerprint density at radius 2 is 2.00 bits per heavy atom. The fraction of sp³-hybridized carbons (Fsp3) is 0.208. The lowest BCUT2D eigenvalue weighted by atomic mass is 10.1. The Bertz CT molecular complexity index is 1190. The van der Waals surface area contributed by atoms with Crippen LogP contribution in [0.1, 0.15) is 40.3 Å². The Balaban J connectivity index is 1.45. The molecule has 164 valence electrons. The third kappa shape index (κ3) is 4.81. The van der Waals surface area contributed by atoms with Crippen molar-refractivity contribution in [2.75, 3.05) is 7.11 Å². The maximum atomic E-state index is 12.8. The number of hydrogen-bond acceptors (Lipinski definition) is 7. The highest BCUT2D eigenvalue weighted by Crippen LogP contribution is 2.31. The van der Waals surface area contributed by atoms with Crippen molar-refractivity contribution in [2.45, 2.75) is 26.5 Å². The molecule has 0 radical (unpaired) electrons. The Morgan fingerprint density at radius 1 is 1.19 bits per heavy atom. The van der Waals surface area contributed by atoms with Gasteiger partial charge in [0.2, 0.25) is 5.89 Å². The summed E-state index contributed by atoms with van der Waals surface area (Å²) in [6, 6.07) is 13.0. The van der Waals surface area contributed by atoms with Gasteiger partial charge < -0.3 is 19.2 Å². The van der Waals surface area contributed by atoms with Crippen molar-refractivity contribution in [3.8, 4) is 22.3 Å². The van der Waals surface area contributed by atoms with Gasteiger partial charge in [-0.3, -0.25) is 9.78 Å². The van der Waals surface area contributed by atoms with Gasteiger partial charge in [0.25, 0.3) is 5.91 Å². The van der Waals surface area contributed by atoms with E-state index in [0.717, 1.165) is 16.0 Å². The maximum Gasteiger partial charge on any atom is 0.274 e. The van der Waals surface area contributed by atoms with Crippen LogP contribution in [0, 0.1) is 6.92 Å². The second-order valence-corrected chi connectivity index (χ2v) is 8.10. The topological polar surface area (TPSA) is 86.5 Å². The van der Waals surface area contributed by atoms with Crippen LogP contribution in [0.4, 0.5) is 0 Å². The smallest absolute Gasteiger partial charge is 0.274 e. The molecular weight excluding hydrogens is 426 g/mol. The summed E-state index contributed by atoms with van der Waals surface area (Å²) < 4.78 is 17.1. The molecule has 0 saturated carbocycles. The molecular formula is C24H23N3O4S. The van der Waals surface area contributed by atoms with Crippen LogP contribution >= 0.6 is 11.3 Å². The van der Waals surface area contributed by atoms with Crippen molar-refractivity contribution in [1.82, 2.24) is 15.3 Å². The number of hydrogen-bond donors (Lipinski definition) is 1. The van der Waals surface area contributed by atoms with E-state index in [1.54, 1.807) is 26.4 Å². The van der Waals surface area contributed by atoms with Crippen molar-refractivity contribution < 1.29 is 18.7 Å². The largest absolute Gasteiger partial charge is 0.493 e. The molecule has 4 rings (SSSR count). The van der Waals surface area contributed by atoms with E-state index < -0.39 is 0 Å². The summed E-state index contributed by atoms with van der Waals surface area (Å²) in [5.74, 6) is 1.86. The summed E-state index contributed by atoms with van der Waals surface area (Å²) in [4.78, 5) is 22.1. The maximum absolute atomic E-state index is 12.8. The van der Waals surface area contributed by atoms with Crippen LogP contribution in [0.25, 0.3) is 10.8 Å². The van der Waals surface area contributed by atoms with Crippen LogP contribution in [0.3, 0.4) is 0 Å². The molecule has 0 spiro atoms. The molecule has 3 heterocycles. The highest BCUT2D eigenvalue weighted by molar-refractivity contribution is 7.13. The number of aromatic nitrogens is 2. The molecule has 1 atom stereocenters. The van der Waals surface area contributed by atoms with E-state index in [1.807, 2.05) is 54.8 Å². The second kappa shape index (κ2) is 9.65. The van der Waals surface area contributed by atoms with Gasteiger partial charge in [-0.1, -0.05) is 12.1 Å². The molecule has 0 aliphatic rings. The molecule has 7 nitrogen and oxygen atoms in total. The lowest BCUT2D eigenvalue weighted by Crippen LogP contribution is -2.27. The van der Waals surface area contributed by atoms with Crippen molar-refractivity contribution in [3.63, 3.8) is 0 Å².